The molecule has 1 aliphatic carbocycles. The van der Waals surface area contributed by atoms with Crippen molar-refractivity contribution in [3.63, 3.8) is 0 Å². The fourth-order valence-corrected chi connectivity index (χ4v) is 3.87. The number of anilines is 1. The summed E-state index contributed by atoms with van der Waals surface area (Å²) in [4.78, 5) is 23.0. The van der Waals surface area contributed by atoms with Crippen LogP contribution in [0.25, 0.3) is 11.2 Å². The summed E-state index contributed by atoms with van der Waals surface area (Å²) in [5, 5.41) is 33.5. The third-order valence-electron chi connectivity index (χ3n) is 5.33. The minimum absolute atomic E-state index is 0.241. The van der Waals surface area contributed by atoms with Gasteiger partial charge in [0, 0.05) is 6.04 Å². The van der Waals surface area contributed by atoms with E-state index in [1.54, 1.807) is 0 Å². The molecule has 2 fully saturated rings. The molecule has 0 aromatic carbocycles. The van der Waals surface area contributed by atoms with E-state index >= 15 is 0 Å². The largest absolute Gasteiger partial charge is 0.394 e. The van der Waals surface area contributed by atoms with E-state index in [1.807, 2.05) is 0 Å². The zero-order valence-electron chi connectivity index (χ0n) is 14.4. The molecule has 1 saturated carbocycles. The molecule has 142 valence electrons. The molecule has 2 aliphatic rings. The Balaban J connectivity index is 1.75. The summed E-state index contributed by atoms with van der Waals surface area (Å²) in [5.74, 6) is 0.488. The number of nitrogens with zero attached hydrogens (tertiary/aromatic N) is 3. The number of aliphatic hydroxyl groups excluding tert-OH is 2. The van der Waals surface area contributed by atoms with E-state index < -0.39 is 36.3 Å². The maximum atomic E-state index is 12.0. The van der Waals surface area contributed by atoms with Crippen molar-refractivity contribution < 1.29 is 20.1 Å². The van der Waals surface area contributed by atoms with Gasteiger partial charge in [-0.2, -0.15) is 4.98 Å². The second kappa shape index (κ2) is 6.31. The van der Waals surface area contributed by atoms with Crippen LogP contribution < -0.4 is 11.0 Å². The molecule has 2 unspecified atom stereocenters. The molecule has 10 nitrogen and oxygen atoms in total. The molecule has 0 amide bonds. The molecule has 1 aliphatic heterocycles. The Hall–Kier alpha value is -2.01. The van der Waals surface area contributed by atoms with Crippen molar-refractivity contribution in [2.75, 3.05) is 11.9 Å². The fourth-order valence-electron chi connectivity index (χ4n) is 3.87. The molecule has 2 aromatic heterocycles. The third-order valence-corrected chi connectivity index (χ3v) is 5.33. The molecule has 1 saturated heterocycles. The number of hydrogen-bond donors (Lipinski definition) is 5. The minimum Gasteiger partial charge on any atom is -0.394 e. The molecule has 3 heterocycles. The summed E-state index contributed by atoms with van der Waals surface area (Å²) < 4.78 is 7.02. The number of aliphatic hydroxyl groups is 3. The number of ether oxygens (including phenoxy) is 1. The zero-order chi connectivity index (χ0) is 18.5. The predicted octanol–water partition coefficient (Wildman–Crippen LogP) is -0.524. The van der Waals surface area contributed by atoms with Crippen LogP contribution in [0.5, 0.6) is 0 Å². The van der Waals surface area contributed by atoms with Crippen molar-refractivity contribution in [2.45, 2.75) is 62.7 Å². The lowest BCUT2D eigenvalue weighted by Gasteiger charge is -2.27. The molecule has 4 rings (SSSR count). The van der Waals surface area contributed by atoms with E-state index in [9.17, 15) is 20.1 Å². The lowest BCUT2D eigenvalue weighted by atomic mass is 9.96. The highest BCUT2D eigenvalue weighted by Gasteiger charge is 2.53. The monoisotopic (exact) mass is 365 g/mol. The second-order valence-corrected chi connectivity index (χ2v) is 7.25. The van der Waals surface area contributed by atoms with Gasteiger partial charge in [-0.15, -0.1) is 0 Å². The van der Waals surface area contributed by atoms with Gasteiger partial charge in [0.05, 0.1) is 12.9 Å². The Morgan fingerprint density at radius 2 is 2.19 bits per heavy atom. The summed E-state index contributed by atoms with van der Waals surface area (Å²) in [7, 11) is 0. The van der Waals surface area contributed by atoms with Crippen LogP contribution in [0.1, 0.15) is 38.8 Å². The first-order chi connectivity index (χ1) is 12.4. The van der Waals surface area contributed by atoms with Gasteiger partial charge in [0.15, 0.2) is 11.9 Å². The van der Waals surface area contributed by atoms with E-state index in [0.717, 1.165) is 25.7 Å². The Labute approximate surface area is 148 Å². The van der Waals surface area contributed by atoms with Crippen LogP contribution in [-0.4, -0.2) is 65.3 Å². The topological polar surface area (TPSA) is 146 Å². The highest BCUT2D eigenvalue weighted by Crippen LogP contribution is 2.39. The number of H-pyrrole nitrogens is 1. The van der Waals surface area contributed by atoms with Gasteiger partial charge in [-0.05, 0) is 19.8 Å². The summed E-state index contributed by atoms with van der Waals surface area (Å²) in [5.41, 5.74) is -1.52. The molecule has 10 heteroatoms. The Kier molecular flexibility index (Phi) is 4.22. The molecule has 0 radical (unpaired) electrons. The molecule has 0 bridgehead atoms. The summed E-state index contributed by atoms with van der Waals surface area (Å²) in [6, 6.07) is 0.271. The second-order valence-electron chi connectivity index (χ2n) is 7.25. The first-order valence-electron chi connectivity index (χ1n) is 8.82. The van der Waals surface area contributed by atoms with Gasteiger partial charge in [-0.25, -0.2) is 9.78 Å². The van der Waals surface area contributed by atoms with Gasteiger partial charge in [0.1, 0.15) is 29.1 Å². The van der Waals surface area contributed by atoms with Crippen LogP contribution in [0.4, 0.5) is 5.82 Å². The van der Waals surface area contributed by atoms with Crippen molar-refractivity contribution in [1.29, 1.82) is 0 Å². The van der Waals surface area contributed by atoms with E-state index in [1.165, 1.54) is 17.8 Å². The maximum absolute atomic E-state index is 12.0. The van der Waals surface area contributed by atoms with E-state index in [0.29, 0.717) is 11.3 Å². The number of hydrogen-bond acceptors (Lipinski definition) is 8. The normalized spacial score (nSPS) is 32.5. The van der Waals surface area contributed by atoms with E-state index in [2.05, 4.69) is 20.3 Å². The molecular weight excluding hydrogens is 342 g/mol. The smallest absolute Gasteiger partial charge is 0.348 e. The van der Waals surface area contributed by atoms with Gasteiger partial charge >= 0.3 is 5.69 Å². The summed E-state index contributed by atoms with van der Waals surface area (Å²) in [6.45, 7) is 0.970. The van der Waals surface area contributed by atoms with E-state index in [4.69, 9.17) is 4.74 Å². The Bertz CT molecular complexity index is 856. The number of imidazole rings is 1. The molecule has 5 N–H and O–H groups in total. The van der Waals surface area contributed by atoms with Crippen LogP contribution in [0.2, 0.25) is 0 Å². The lowest BCUT2D eigenvalue weighted by Crippen LogP contribution is -2.44. The predicted molar refractivity (Wildman–Crippen MR) is 91.7 cm³/mol. The number of fused-ring (bicyclic) bond motifs is 1. The molecular formula is C16H23N5O5. The van der Waals surface area contributed by atoms with Crippen LogP contribution in [0.3, 0.4) is 0 Å². The van der Waals surface area contributed by atoms with Gasteiger partial charge in [0.2, 0.25) is 0 Å². The van der Waals surface area contributed by atoms with Gasteiger partial charge in [-0.1, -0.05) is 12.8 Å². The fraction of sp³-hybridized carbons (Fsp3) is 0.688. The van der Waals surface area contributed by atoms with Crippen LogP contribution in [0.15, 0.2) is 11.1 Å². The first-order valence-corrected chi connectivity index (χ1v) is 8.82. The highest BCUT2D eigenvalue weighted by atomic mass is 16.6. The number of aromatic amines is 1. The quantitative estimate of drug-likeness (QED) is 0.486. The van der Waals surface area contributed by atoms with Crippen LogP contribution in [-0.2, 0) is 4.74 Å². The van der Waals surface area contributed by atoms with Crippen LogP contribution in [0, 0.1) is 0 Å². The van der Waals surface area contributed by atoms with Crippen molar-refractivity contribution in [2.24, 2.45) is 0 Å². The maximum Gasteiger partial charge on any atom is 0.348 e. The Morgan fingerprint density at radius 3 is 2.85 bits per heavy atom. The number of aromatic nitrogens is 4. The van der Waals surface area contributed by atoms with Gasteiger partial charge in [0.25, 0.3) is 0 Å². The number of rotatable bonds is 4. The van der Waals surface area contributed by atoms with Crippen molar-refractivity contribution in [3.05, 3.63) is 16.8 Å². The summed E-state index contributed by atoms with van der Waals surface area (Å²) >= 11 is 0. The van der Waals surface area contributed by atoms with Crippen molar-refractivity contribution in [3.8, 4) is 0 Å². The SMILES string of the molecule is CC1(O)C(O)[C@@H](CO)O[C@H]1n1cnc2c(NC3CCCC3)[nH]c(=O)nc21. The molecule has 2 aromatic rings. The third kappa shape index (κ3) is 2.69. The van der Waals surface area contributed by atoms with E-state index in [-0.39, 0.29) is 11.7 Å². The van der Waals surface area contributed by atoms with Crippen LogP contribution >= 0.6 is 0 Å². The molecule has 0 spiro atoms. The van der Waals surface area contributed by atoms with Crippen molar-refractivity contribution in [1.82, 2.24) is 19.5 Å². The lowest BCUT2D eigenvalue weighted by molar-refractivity contribution is -0.0950. The number of nitrogens with one attached hydrogen (secondary N) is 2. The van der Waals surface area contributed by atoms with Gasteiger partial charge < -0.3 is 25.4 Å². The van der Waals surface area contributed by atoms with Gasteiger partial charge in [-0.3, -0.25) is 9.55 Å². The summed E-state index contributed by atoms with van der Waals surface area (Å²) in [6.07, 6.45) is 2.49. The zero-order valence-corrected chi connectivity index (χ0v) is 14.4. The minimum atomic E-state index is -1.68. The molecule has 26 heavy (non-hydrogen) atoms. The Morgan fingerprint density at radius 1 is 1.46 bits per heavy atom. The average Bonchev–Trinajstić information content (AvgIpc) is 3.29. The molecule has 4 atom stereocenters. The average molecular weight is 365 g/mol. The highest BCUT2D eigenvalue weighted by molar-refractivity contribution is 5.82. The van der Waals surface area contributed by atoms with Crippen molar-refractivity contribution >= 4 is 17.0 Å². The standard InChI is InChI=1S/C16H23N5O5/c1-16(25)11(23)9(6-22)26-14(16)21-7-17-10-12(18-8-4-2-3-5-8)19-15(24)20-13(10)21/h7-9,11,14,22-23,25H,2-6H2,1H3,(H2,18,19,20,24)/t9-,11?,14-,16?/m1/s1. The first kappa shape index (κ1) is 17.4.